The zero-order valence-electron chi connectivity index (χ0n) is 13.9. The average molecular weight is 383 g/mol. The SMILES string of the molecule is O=C(CCCS(=O)(=O)c1ccc(F)cc1)Nc1nnc(C2CCCO2)o1. The molecule has 1 atom stereocenters. The highest BCUT2D eigenvalue weighted by Gasteiger charge is 2.24. The van der Waals surface area contributed by atoms with Crippen LogP contribution in [0.1, 0.15) is 37.7 Å². The Morgan fingerprint density at radius 3 is 2.73 bits per heavy atom. The zero-order chi connectivity index (χ0) is 18.6. The van der Waals surface area contributed by atoms with Gasteiger partial charge in [-0.1, -0.05) is 5.10 Å². The number of rotatable bonds is 7. The molecule has 1 amide bonds. The number of halogens is 1. The lowest BCUT2D eigenvalue weighted by Gasteiger charge is -2.04. The van der Waals surface area contributed by atoms with Crippen LogP contribution in [-0.2, 0) is 19.4 Å². The average Bonchev–Trinajstić information content (AvgIpc) is 3.26. The number of nitrogens with one attached hydrogen (secondary N) is 1. The molecule has 1 aliphatic rings. The Morgan fingerprint density at radius 1 is 1.27 bits per heavy atom. The Morgan fingerprint density at radius 2 is 2.04 bits per heavy atom. The van der Waals surface area contributed by atoms with Crippen molar-refractivity contribution in [3.8, 4) is 0 Å². The molecule has 140 valence electrons. The molecule has 8 nitrogen and oxygen atoms in total. The highest BCUT2D eigenvalue weighted by molar-refractivity contribution is 7.91. The number of carbonyl (C=O) groups is 1. The first kappa shape index (κ1) is 18.5. The van der Waals surface area contributed by atoms with Crippen molar-refractivity contribution in [3.63, 3.8) is 0 Å². The Hall–Kier alpha value is -2.33. The van der Waals surface area contributed by atoms with Crippen LogP contribution < -0.4 is 5.32 Å². The summed E-state index contributed by atoms with van der Waals surface area (Å²) < 4.78 is 47.9. The summed E-state index contributed by atoms with van der Waals surface area (Å²) in [7, 11) is -3.57. The third-order valence-corrected chi connectivity index (χ3v) is 5.70. The van der Waals surface area contributed by atoms with E-state index in [4.69, 9.17) is 9.15 Å². The molecule has 1 fully saturated rings. The molecule has 0 aliphatic carbocycles. The van der Waals surface area contributed by atoms with Crippen molar-refractivity contribution >= 4 is 21.8 Å². The number of ether oxygens (including phenoxy) is 1. The van der Waals surface area contributed by atoms with Crippen molar-refractivity contribution in [2.45, 2.75) is 36.7 Å². The van der Waals surface area contributed by atoms with Gasteiger partial charge in [0.2, 0.25) is 11.8 Å². The molecule has 0 spiro atoms. The van der Waals surface area contributed by atoms with Gasteiger partial charge < -0.3 is 9.15 Å². The van der Waals surface area contributed by atoms with Gasteiger partial charge in [-0.3, -0.25) is 10.1 Å². The Labute approximate surface area is 149 Å². The highest BCUT2D eigenvalue weighted by Crippen LogP contribution is 2.28. The van der Waals surface area contributed by atoms with Crippen molar-refractivity contribution in [2.75, 3.05) is 17.7 Å². The zero-order valence-corrected chi connectivity index (χ0v) is 14.7. The van der Waals surface area contributed by atoms with Gasteiger partial charge in [-0.25, -0.2) is 12.8 Å². The molecule has 3 rings (SSSR count). The minimum absolute atomic E-state index is 0.0254. The number of hydrogen-bond acceptors (Lipinski definition) is 7. The smallest absolute Gasteiger partial charge is 0.322 e. The molecule has 2 heterocycles. The summed E-state index contributed by atoms with van der Waals surface area (Å²) in [5, 5.41) is 10.0. The highest BCUT2D eigenvalue weighted by atomic mass is 32.2. The number of nitrogens with zero attached hydrogens (tertiary/aromatic N) is 2. The molecule has 2 aromatic rings. The van der Waals surface area contributed by atoms with Gasteiger partial charge in [0, 0.05) is 13.0 Å². The molecular formula is C16H18FN3O5S. The maximum absolute atomic E-state index is 12.9. The Balaban J connectivity index is 1.47. The number of aromatic nitrogens is 2. The molecule has 1 N–H and O–H groups in total. The van der Waals surface area contributed by atoms with Gasteiger partial charge in [0.25, 0.3) is 0 Å². The molecule has 1 aromatic heterocycles. The van der Waals surface area contributed by atoms with E-state index in [1.165, 1.54) is 12.1 Å². The van der Waals surface area contributed by atoms with Gasteiger partial charge in [0.05, 0.1) is 10.6 Å². The second kappa shape index (κ2) is 7.92. The fourth-order valence-electron chi connectivity index (χ4n) is 2.55. The van der Waals surface area contributed by atoms with E-state index in [0.717, 1.165) is 25.0 Å². The standard InChI is InChI=1S/C16H18FN3O5S/c17-11-5-7-12(8-6-11)26(22,23)10-2-4-14(21)18-16-20-19-15(25-16)13-3-1-9-24-13/h5-8,13H,1-4,9-10H2,(H,18,20,21). The van der Waals surface area contributed by atoms with Crippen LogP contribution in [0.3, 0.4) is 0 Å². The second-order valence-electron chi connectivity index (χ2n) is 5.87. The molecule has 1 aromatic carbocycles. The minimum Gasteiger partial charge on any atom is -0.405 e. The topological polar surface area (TPSA) is 111 Å². The summed E-state index contributed by atoms with van der Waals surface area (Å²) in [6.45, 7) is 0.636. The maximum Gasteiger partial charge on any atom is 0.322 e. The fourth-order valence-corrected chi connectivity index (χ4v) is 3.86. The number of amides is 1. The van der Waals surface area contributed by atoms with E-state index in [2.05, 4.69) is 15.5 Å². The van der Waals surface area contributed by atoms with E-state index in [0.29, 0.717) is 12.5 Å². The minimum atomic E-state index is -3.57. The summed E-state index contributed by atoms with van der Waals surface area (Å²) in [6.07, 6.45) is 1.54. The van der Waals surface area contributed by atoms with Crippen molar-refractivity contribution in [1.82, 2.24) is 10.2 Å². The van der Waals surface area contributed by atoms with Crippen molar-refractivity contribution in [1.29, 1.82) is 0 Å². The lowest BCUT2D eigenvalue weighted by Crippen LogP contribution is -2.14. The van der Waals surface area contributed by atoms with Crippen LogP contribution in [0.5, 0.6) is 0 Å². The first-order valence-corrected chi connectivity index (χ1v) is 9.82. The summed E-state index contributed by atoms with van der Waals surface area (Å²) >= 11 is 0. The largest absolute Gasteiger partial charge is 0.405 e. The van der Waals surface area contributed by atoms with Crippen molar-refractivity contribution < 1.29 is 26.8 Å². The van der Waals surface area contributed by atoms with Crippen LogP contribution in [0.4, 0.5) is 10.4 Å². The number of sulfone groups is 1. The van der Waals surface area contributed by atoms with E-state index in [1.54, 1.807) is 0 Å². The first-order valence-electron chi connectivity index (χ1n) is 8.17. The van der Waals surface area contributed by atoms with Crippen molar-refractivity contribution in [3.05, 3.63) is 36.0 Å². The van der Waals surface area contributed by atoms with Gasteiger partial charge in [-0.15, -0.1) is 5.10 Å². The van der Waals surface area contributed by atoms with Crippen LogP contribution in [0.25, 0.3) is 0 Å². The first-order chi connectivity index (χ1) is 12.4. The lowest BCUT2D eigenvalue weighted by atomic mass is 10.2. The molecular weight excluding hydrogens is 365 g/mol. The molecule has 0 bridgehead atoms. The molecule has 1 unspecified atom stereocenters. The van der Waals surface area contributed by atoms with Gasteiger partial charge >= 0.3 is 6.01 Å². The Bertz CT molecular complexity index is 860. The van der Waals surface area contributed by atoms with Gasteiger partial charge in [0.1, 0.15) is 11.9 Å². The maximum atomic E-state index is 12.9. The van der Waals surface area contributed by atoms with Crippen LogP contribution >= 0.6 is 0 Å². The quantitative estimate of drug-likeness (QED) is 0.730. The summed E-state index contributed by atoms with van der Waals surface area (Å²) in [4.78, 5) is 11.9. The molecule has 10 heteroatoms. The predicted molar refractivity (Wildman–Crippen MR) is 88.5 cm³/mol. The van der Waals surface area contributed by atoms with Gasteiger partial charge in [0.15, 0.2) is 9.84 Å². The predicted octanol–water partition coefficient (Wildman–Crippen LogP) is 2.25. The number of hydrogen-bond donors (Lipinski definition) is 1. The molecule has 26 heavy (non-hydrogen) atoms. The number of benzene rings is 1. The van der Waals surface area contributed by atoms with E-state index in [9.17, 15) is 17.6 Å². The Kier molecular flexibility index (Phi) is 5.62. The monoisotopic (exact) mass is 383 g/mol. The third-order valence-electron chi connectivity index (χ3n) is 3.88. The summed E-state index contributed by atoms with van der Waals surface area (Å²) in [5.74, 6) is -0.847. The fraction of sp³-hybridized carbons (Fsp3) is 0.438. The van der Waals surface area contributed by atoms with Gasteiger partial charge in [-0.2, -0.15) is 0 Å². The van der Waals surface area contributed by atoms with Crippen molar-refractivity contribution in [2.24, 2.45) is 0 Å². The molecule has 1 aliphatic heterocycles. The third kappa shape index (κ3) is 4.64. The van der Waals surface area contributed by atoms with E-state index in [-0.39, 0.29) is 35.6 Å². The van der Waals surface area contributed by atoms with E-state index in [1.807, 2.05) is 0 Å². The van der Waals surface area contributed by atoms with Gasteiger partial charge in [-0.05, 0) is 43.5 Å². The number of anilines is 1. The van der Waals surface area contributed by atoms with E-state index >= 15 is 0 Å². The lowest BCUT2D eigenvalue weighted by molar-refractivity contribution is -0.116. The van der Waals surface area contributed by atoms with Crippen LogP contribution in [0, 0.1) is 5.82 Å². The van der Waals surface area contributed by atoms with Crippen LogP contribution in [0.2, 0.25) is 0 Å². The second-order valence-corrected chi connectivity index (χ2v) is 7.98. The van der Waals surface area contributed by atoms with E-state index < -0.39 is 21.6 Å². The molecule has 1 saturated heterocycles. The number of carbonyl (C=O) groups excluding carboxylic acids is 1. The molecule has 0 radical (unpaired) electrons. The van der Waals surface area contributed by atoms with Crippen LogP contribution in [-0.4, -0.2) is 36.9 Å². The molecule has 0 saturated carbocycles. The summed E-state index contributed by atoms with van der Waals surface area (Å²) in [5.41, 5.74) is 0. The normalized spacial score (nSPS) is 17.3. The summed E-state index contributed by atoms with van der Waals surface area (Å²) in [6, 6.07) is 4.54. The van der Waals surface area contributed by atoms with Crippen LogP contribution in [0.15, 0.2) is 33.6 Å².